The van der Waals surface area contributed by atoms with Crippen LogP contribution in [0.25, 0.3) is 5.69 Å². The highest BCUT2D eigenvalue weighted by atomic mass is 32.2. The molecule has 0 fully saturated rings. The van der Waals surface area contributed by atoms with E-state index in [4.69, 9.17) is 5.26 Å². The number of hydrogen-bond acceptors (Lipinski definition) is 6. The van der Waals surface area contributed by atoms with Gasteiger partial charge in [0.15, 0.2) is 0 Å². The summed E-state index contributed by atoms with van der Waals surface area (Å²) < 4.78 is 1.62. The van der Waals surface area contributed by atoms with E-state index >= 15 is 0 Å². The molecule has 1 N–H and O–H groups in total. The SMILES string of the molecule is CC(=O)Nc1cccc(-n2nnnc2SCc2ccc(C#N)cc2)c1. The zero-order chi connectivity index (χ0) is 17.6. The molecule has 0 unspecified atom stereocenters. The predicted octanol–water partition coefficient (Wildman–Crippen LogP) is 2.78. The predicted molar refractivity (Wildman–Crippen MR) is 94.2 cm³/mol. The topological polar surface area (TPSA) is 96.5 Å². The van der Waals surface area contributed by atoms with Crippen molar-refractivity contribution in [1.29, 1.82) is 5.26 Å². The standard InChI is InChI=1S/C17H14N6OS/c1-12(24)19-15-3-2-4-16(9-15)23-17(20-21-22-23)25-11-14-7-5-13(10-18)6-8-14/h2-9H,11H2,1H3,(H,19,24). The van der Waals surface area contributed by atoms with Crippen LogP contribution in [0.1, 0.15) is 18.1 Å². The van der Waals surface area contributed by atoms with E-state index in [2.05, 4.69) is 26.9 Å². The zero-order valence-electron chi connectivity index (χ0n) is 13.4. The Morgan fingerprint density at radius 3 is 2.80 bits per heavy atom. The summed E-state index contributed by atoms with van der Waals surface area (Å²) in [6.45, 7) is 1.46. The van der Waals surface area contributed by atoms with Crippen molar-refractivity contribution in [3.05, 3.63) is 59.7 Å². The van der Waals surface area contributed by atoms with Crippen molar-refractivity contribution in [1.82, 2.24) is 20.2 Å². The Hall–Kier alpha value is -3.18. The van der Waals surface area contributed by atoms with Crippen LogP contribution < -0.4 is 5.32 Å². The molecule has 0 aliphatic rings. The van der Waals surface area contributed by atoms with Crippen LogP contribution in [0.2, 0.25) is 0 Å². The molecule has 0 spiro atoms. The van der Waals surface area contributed by atoms with Crippen LogP contribution in [0.3, 0.4) is 0 Å². The Labute approximate surface area is 148 Å². The van der Waals surface area contributed by atoms with Crippen LogP contribution in [0.4, 0.5) is 5.69 Å². The molecule has 1 heterocycles. The number of thioether (sulfide) groups is 1. The number of carbonyl (C=O) groups excluding carboxylic acids is 1. The normalized spacial score (nSPS) is 10.2. The lowest BCUT2D eigenvalue weighted by Gasteiger charge is -2.07. The van der Waals surface area contributed by atoms with E-state index in [-0.39, 0.29) is 5.91 Å². The molecule has 3 rings (SSSR count). The second-order valence-corrected chi connectivity index (χ2v) is 6.14. The molecule has 0 bridgehead atoms. The molecule has 25 heavy (non-hydrogen) atoms. The summed E-state index contributed by atoms with van der Waals surface area (Å²) in [6, 6.07) is 16.8. The van der Waals surface area contributed by atoms with Crippen molar-refractivity contribution in [2.75, 3.05) is 5.32 Å². The third-order valence-corrected chi connectivity index (χ3v) is 4.29. The van der Waals surface area contributed by atoms with Crippen molar-refractivity contribution in [2.45, 2.75) is 17.8 Å². The van der Waals surface area contributed by atoms with Gasteiger partial charge in [-0.25, -0.2) is 0 Å². The van der Waals surface area contributed by atoms with Gasteiger partial charge in [-0.05, 0) is 46.3 Å². The van der Waals surface area contributed by atoms with E-state index in [1.165, 1.54) is 18.7 Å². The van der Waals surface area contributed by atoms with Crippen LogP contribution in [0.5, 0.6) is 0 Å². The average molecular weight is 350 g/mol. The molecular weight excluding hydrogens is 336 g/mol. The summed E-state index contributed by atoms with van der Waals surface area (Å²) in [7, 11) is 0. The summed E-state index contributed by atoms with van der Waals surface area (Å²) in [6.07, 6.45) is 0. The van der Waals surface area contributed by atoms with E-state index < -0.39 is 0 Å². The van der Waals surface area contributed by atoms with Gasteiger partial charge in [0.25, 0.3) is 0 Å². The molecule has 8 heteroatoms. The lowest BCUT2D eigenvalue weighted by molar-refractivity contribution is -0.114. The number of amides is 1. The number of anilines is 1. The second kappa shape index (κ2) is 7.59. The maximum atomic E-state index is 11.2. The summed E-state index contributed by atoms with van der Waals surface area (Å²) in [5, 5.41) is 24.0. The molecule has 124 valence electrons. The molecule has 0 saturated heterocycles. The van der Waals surface area contributed by atoms with Gasteiger partial charge in [-0.15, -0.1) is 5.10 Å². The van der Waals surface area contributed by atoms with Crippen LogP contribution in [0, 0.1) is 11.3 Å². The van der Waals surface area contributed by atoms with Crippen molar-refractivity contribution >= 4 is 23.4 Å². The van der Waals surface area contributed by atoms with Gasteiger partial charge >= 0.3 is 0 Å². The number of carbonyl (C=O) groups is 1. The maximum Gasteiger partial charge on any atom is 0.221 e. The molecular formula is C17H14N6OS. The monoisotopic (exact) mass is 350 g/mol. The number of hydrogen-bond donors (Lipinski definition) is 1. The third kappa shape index (κ3) is 4.22. The molecule has 2 aromatic carbocycles. The van der Waals surface area contributed by atoms with Gasteiger partial charge < -0.3 is 5.32 Å². The summed E-state index contributed by atoms with van der Waals surface area (Å²) in [4.78, 5) is 11.2. The fraction of sp³-hybridized carbons (Fsp3) is 0.118. The van der Waals surface area contributed by atoms with Gasteiger partial charge in [-0.1, -0.05) is 30.0 Å². The summed E-state index contributed by atoms with van der Waals surface area (Å²) in [5.41, 5.74) is 3.15. The first-order chi connectivity index (χ1) is 12.2. The average Bonchev–Trinajstić information content (AvgIpc) is 3.08. The molecule has 3 aromatic rings. The molecule has 0 atom stereocenters. The first-order valence-electron chi connectivity index (χ1n) is 7.44. The Morgan fingerprint density at radius 1 is 1.28 bits per heavy atom. The molecule has 0 radical (unpaired) electrons. The van der Waals surface area contributed by atoms with Gasteiger partial charge in [0, 0.05) is 18.4 Å². The van der Waals surface area contributed by atoms with Gasteiger partial charge in [-0.2, -0.15) is 9.94 Å². The van der Waals surface area contributed by atoms with E-state index in [0.29, 0.717) is 22.2 Å². The third-order valence-electron chi connectivity index (χ3n) is 3.30. The highest BCUT2D eigenvalue weighted by Crippen LogP contribution is 2.23. The Balaban J connectivity index is 1.76. The maximum absolute atomic E-state index is 11.2. The van der Waals surface area contributed by atoms with Crippen molar-refractivity contribution < 1.29 is 4.79 Å². The van der Waals surface area contributed by atoms with Crippen molar-refractivity contribution in [3.63, 3.8) is 0 Å². The highest BCUT2D eigenvalue weighted by Gasteiger charge is 2.10. The Kier molecular flexibility index (Phi) is 5.06. The first-order valence-corrected chi connectivity index (χ1v) is 8.42. The largest absolute Gasteiger partial charge is 0.326 e. The number of benzene rings is 2. The number of nitriles is 1. The molecule has 0 aliphatic heterocycles. The number of nitrogens with zero attached hydrogens (tertiary/aromatic N) is 5. The summed E-state index contributed by atoms with van der Waals surface area (Å²) >= 11 is 1.49. The Morgan fingerprint density at radius 2 is 2.08 bits per heavy atom. The first kappa shape index (κ1) is 16.7. The molecule has 7 nitrogen and oxygen atoms in total. The van der Waals surface area contributed by atoms with Crippen LogP contribution in [0.15, 0.2) is 53.7 Å². The fourth-order valence-electron chi connectivity index (χ4n) is 2.17. The van der Waals surface area contributed by atoms with Gasteiger partial charge in [0.2, 0.25) is 11.1 Å². The number of nitrogens with one attached hydrogen (secondary N) is 1. The molecule has 0 aliphatic carbocycles. The van der Waals surface area contributed by atoms with Crippen molar-refractivity contribution in [2.24, 2.45) is 0 Å². The summed E-state index contributed by atoms with van der Waals surface area (Å²) in [5.74, 6) is 0.543. The molecule has 0 saturated carbocycles. The van der Waals surface area contributed by atoms with E-state index in [0.717, 1.165) is 11.3 Å². The molecule has 1 amide bonds. The lowest BCUT2D eigenvalue weighted by atomic mass is 10.2. The minimum absolute atomic E-state index is 0.135. The van der Waals surface area contributed by atoms with E-state index in [9.17, 15) is 4.79 Å². The minimum Gasteiger partial charge on any atom is -0.326 e. The second-order valence-electron chi connectivity index (χ2n) is 5.20. The Bertz CT molecular complexity index is 929. The quantitative estimate of drug-likeness (QED) is 0.711. The fourth-order valence-corrected chi connectivity index (χ4v) is 3.02. The zero-order valence-corrected chi connectivity index (χ0v) is 14.2. The number of rotatable bonds is 5. The highest BCUT2D eigenvalue weighted by molar-refractivity contribution is 7.98. The number of aromatic nitrogens is 4. The van der Waals surface area contributed by atoms with Crippen molar-refractivity contribution in [3.8, 4) is 11.8 Å². The van der Waals surface area contributed by atoms with Gasteiger partial charge in [0.1, 0.15) is 0 Å². The van der Waals surface area contributed by atoms with Gasteiger partial charge in [0.05, 0.1) is 17.3 Å². The minimum atomic E-state index is -0.135. The lowest BCUT2D eigenvalue weighted by Crippen LogP contribution is -2.07. The van der Waals surface area contributed by atoms with E-state index in [1.54, 1.807) is 22.9 Å². The van der Waals surface area contributed by atoms with Crippen LogP contribution >= 0.6 is 11.8 Å². The number of tetrazole rings is 1. The van der Waals surface area contributed by atoms with Crippen LogP contribution in [-0.4, -0.2) is 26.1 Å². The molecule has 1 aromatic heterocycles. The van der Waals surface area contributed by atoms with E-state index in [1.807, 2.05) is 30.3 Å². The van der Waals surface area contributed by atoms with Crippen LogP contribution in [-0.2, 0) is 10.5 Å². The smallest absolute Gasteiger partial charge is 0.221 e. The van der Waals surface area contributed by atoms with Gasteiger partial charge in [-0.3, -0.25) is 4.79 Å².